The summed E-state index contributed by atoms with van der Waals surface area (Å²) in [5.74, 6) is 1.23. The summed E-state index contributed by atoms with van der Waals surface area (Å²) in [5.41, 5.74) is 0.837. The van der Waals surface area contributed by atoms with Gasteiger partial charge in [0.2, 0.25) is 5.76 Å². The van der Waals surface area contributed by atoms with Crippen molar-refractivity contribution in [2.24, 2.45) is 0 Å². The minimum absolute atomic E-state index is 0.231. The second-order valence-corrected chi connectivity index (χ2v) is 4.55. The number of para-hydroxylation sites is 1. The Hall–Kier alpha value is -2.75. The number of carbonyl (C=O) groups is 1. The highest BCUT2D eigenvalue weighted by Crippen LogP contribution is 2.31. The quantitative estimate of drug-likeness (QED) is 0.804. The number of benzene rings is 2. The lowest BCUT2D eigenvalue weighted by molar-refractivity contribution is -0.142. The van der Waals surface area contributed by atoms with Crippen molar-refractivity contribution in [2.45, 2.75) is 6.10 Å². The molecule has 1 heterocycles. The van der Waals surface area contributed by atoms with E-state index in [-0.39, 0.29) is 5.76 Å². The van der Waals surface area contributed by atoms with E-state index in [9.17, 15) is 4.79 Å². The molecule has 2 aromatic carbocycles. The summed E-state index contributed by atoms with van der Waals surface area (Å²) in [6.07, 6.45) is 1.22. The molecule has 0 fully saturated rings. The maximum absolute atomic E-state index is 11.5. The standard InChI is InChI=1S/C17H14O4/c1-19-16-11-15(21-17(16)18)12-6-5-9-14(10-12)20-13-7-3-2-4-8-13/h2-11,15H,1H3. The molecule has 0 amide bonds. The summed E-state index contributed by atoms with van der Waals surface area (Å²) in [6, 6.07) is 16.9. The van der Waals surface area contributed by atoms with Gasteiger partial charge in [0.1, 0.15) is 17.6 Å². The van der Waals surface area contributed by atoms with Crippen LogP contribution in [0.25, 0.3) is 0 Å². The van der Waals surface area contributed by atoms with Gasteiger partial charge < -0.3 is 14.2 Å². The van der Waals surface area contributed by atoms with E-state index in [0.29, 0.717) is 5.75 Å². The van der Waals surface area contributed by atoms with E-state index in [2.05, 4.69) is 0 Å². The van der Waals surface area contributed by atoms with Gasteiger partial charge in [0, 0.05) is 11.6 Å². The Morgan fingerprint density at radius 3 is 2.48 bits per heavy atom. The summed E-state index contributed by atoms with van der Waals surface area (Å²) < 4.78 is 16.0. The fourth-order valence-corrected chi connectivity index (χ4v) is 2.11. The molecule has 3 rings (SSSR count). The van der Waals surface area contributed by atoms with Gasteiger partial charge in [0.25, 0.3) is 0 Å². The lowest BCUT2D eigenvalue weighted by Crippen LogP contribution is -2.03. The summed E-state index contributed by atoms with van der Waals surface area (Å²) in [4.78, 5) is 11.5. The Morgan fingerprint density at radius 2 is 1.76 bits per heavy atom. The van der Waals surface area contributed by atoms with E-state index in [4.69, 9.17) is 14.2 Å². The van der Waals surface area contributed by atoms with Crippen molar-refractivity contribution in [2.75, 3.05) is 7.11 Å². The summed E-state index contributed by atoms with van der Waals surface area (Å²) in [7, 11) is 1.45. The number of carbonyl (C=O) groups excluding carboxylic acids is 1. The maximum atomic E-state index is 11.5. The van der Waals surface area contributed by atoms with E-state index in [1.807, 2.05) is 54.6 Å². The van der Waals surface area contributed by atoms with Crippen molar-refractivity contribution < 1.29 is 19.0 Å². The SMILES string of the molecule is COC1=CC(c2cccc(Oc3ccccc3)c2)OC1=O. The Kier molecular flexibility index (Phi) is 3.60. The van der Waals surface area contributed by atoms with Gasteiger partial charge in [0.15, 0.2) is 0 Å². The van der Waals surface area contributed by atoms with Crippen LogP contribution in [-0.4, -0.2) is 13.1 Å². The Bertz CT molecular complexity index is 676. The molecule has 106 valence electrons. The molecule has 0 N–H and O–H groups in total. The number of methoxy groups -OCH3 is 1. The molecular weight excluding hydrogens is 268 g/mol. The number of esters is 1. The van der Waals surface area contributed by atoms with Crippen LogP contribution in [0.5, 0.6) is 11.5 Å². The summed E-state index contributed by atoms with van der Waals surface area (Å²) in [6.45, 7) is 0. The van der Waals surface area contributed by atoms with Crippen LogP contribution >= 0.6 is 0 Å². The molecule has 4 nitrogen and oxygen atoms in total. The fraction of sp³-hybridized carbons (Fsp3) is 0.118. The Labute approximate surface area is 122 Å². The van der Waals surface area contributed by atoms with Crippen LogP contribution in [0.15, 0.2) is 66.4 Å². The van der Waals surface area contributed by atoms with E-state index in [1.54, 1.807) is 6.08 Å². The molecule has 0 aromatic heterocycles. The number of cyclic esters (lactones) is 1. The van der Waals surface area contributed by atoms with Gasteiger partial charge in [-0.1, -0.05) is 30.3 Å². The molecule has 1 aliphatic heterocycles. The lowest BCUT2D eigenvalue weighted by Gasteiger charge is -2.10. The molecule has 0 saturated carbocycles. The third kappa shape index (κ3) is 2.89. The lowest BCUT2D eigenvalue weighted by atomic mass is 10.1. The monoisotopic (exact) mass is 282 g/mol. The molecule has 0 radical (unpaired) electrons. The zero-order valence-corrected chi connectivity index (χ0v) is 11.5. The summed E-state index contributed by atoms with van der Waals surface area (Å²) >= 11 is 0. The molecule has 1 atom stereocenters. The highest BCUT2D eigenvalue weighted by Gasteiger charge is 2.27. The minimum Gasteiger partial charge on any atom is -0.490 e. The first-order valence-electron chi connectivity index (χ1n) is 6.56. The van der Waals surface area contributed by atoms with Crippen LogP contribution in [0.4, 0.5) is 0 Å². The van der Waals surface area contributed by atoms with E-state index >= 15 is 0 Å². The molecule has 0 saturated heterocycles. The molecule has 0 spiro atoms. The van der Waals surface area contributed by atoms with Crippen molar-refractivity contribution in [1.29, 1.82) is 0 Å². The van der Waals surface area contributed by atoms with Crippen molar-refractivity contribution in [3.05, 3.63) is 72.0 Å². The van der Waals surface area contributed by atoms with Gasteiger partial charge >= 0.3 is 5.97 Å². The van der Waals surface area contributed by atoms with Crippen LogP contribution in [0.1, 0.15) is 11.7 Å². The van der Waals surface area contributed by atoms with Crippen LogP contribution in [0, 0.1) is 0 Å². The molecule has 21 heavy (non-hydrogen) atoms. The molecular formula is C17H14O4. The molecule has 4 heteroatoms. The van der Waals surface area contributed by atoms with Crippen LogP contribution in [0.3, 0.4) is 0 Å². The predicted molar refractivity (Wildman–Crippen MR) is 76.9 cm³/mol. The van der Waals surface area contributed by atoms with Gasteiger partial charge in [-0.05, 0) is 24.3 Å². The van der Waals surface area contributed by atoms with Gasteiger partial charge in [-0.2, -0.15) is 0 Å². The molecule has 2 aromatic rings. The molecule has 1 aliphatic rings. The fourth-order valence-electron chi connectivity index (χ4n) is 2.11. The first kappa shape index (κ1) is 13.2. The van der Waals surface area contributed by atoms with Crippen molar-refractivity contribution >= 4 is 5.97 Å². The van der Waals surface area contributed by atoms with E-state index < -0.39 is 12.1 Å². The largest absolute Gasteiger partial charge is 0.490 e. The van der Waals surface area contributed by atoms with Gasteiger partial charge in [-0.25, -0.2) is 4.79 Å². The average molecular weight is 282 g/mol. The van der Waals surface area contributed by atoms with Crippen LogP contribution in [0.2, 0.25) is 0 Å². The van der Waals surface area contributed by atoms with E-state index in [1.165, 1.54) is 7.11 Å². The second-order valence-electron chi connectivity index (χ2n) is 4.55. The highest BCUT2D eigenvalue weighted by molar-refractivity contribution is 5.88. The van der Waals surface area contributed by atoms with Gasteiger partial charge in [-0.15, -0.1) is 0 Å². The van der Waals surface area contributed by atoms with Crippen molar-refractivity contribution in [3.8, 4) is 11.5 Å². The topological polar surface area (TPSA) is 44.8 Å². The number of hydrogen-bond acceptors (Lipinski definition) is 4. The number of rotatable bonds is 4. The minimum atomic E-state index is -0.447. The molecule has 1 unspecified atom stereocenters. The smallest absolute Gasteiger partial charge is 0.374 e. The highest BCUT2D eigenvalue weighted by atomic mass is 16.6. The molecule has 0 bridgehead atoms. The normalized spacial score (nSPS) is 17.1. The zero-order chi connectivity index (χ0) is 14.7. The number of hydrogen-bond donors (Lipinski definition) is 0. The van der Waals surface area contributed by atoms with Crippen molar-refractivity contribution in [3.63, 3.8) is 0 Å². The average Bonchev–Trinajstić information content (AvgIpc) is 2.90. The van der Waals surface area contributed by atoms with Crippen molar-refractivity contribution in [1.82, 2.24) is 0 Å². The third-order valence-corrected chi connectivity index (χ3v) is 3.12. The Morgan fingerprint density at radius 1 is 1.00 bits per heavy atom. The van der Waals surface area contributed by atoms with E-state index in [0.717, 1.165) is 11.3 Å². The first-order chi connectivity index (χ1) is 10.3. The second kappa shape index (κ2) is 5.71. The van der Waals surface area contributed by atoms with Gasteiger partial charge in [0.05, 0.1) is 7.11 Å². The number of ether oxygens (including phenoxy) is 3. The first-order valence-corrected chi connectivity index (χ1v) is 6.56. The molecule has 0 aliphatic carbocycles. The van der Waals surface area contributed by atoms with Crippen LogP contribution in [-0.2, 0) is 14.3 Å². The Balaban J connectivity index is 1.81. The third-order valence-electron chi connectivity index (χ3n) is 3.12. The van der Waals surface area contributed by atoms with Crippen LogP contribution < -0.4 is 4.74 Å². The zero-order valence-electron chi connectivity index (χ0n) is 11.5. The van der Waals surface area contributed by atoms with Gasteiger partial charge in [-0.3, -0.25) is 0 Å². The summed E-state index contributed by atoms with van der Waals surface area (Å²) in [5, 5.41) is 0. The maximum Gasteiger partial charge on any atom is 0.374 e. The predicted octanol–water partition coefficient (Wildman–Crippen LogP) is 3.61.